The quantitative estimate of drug-likeness (QED) is 0.540. The number of para-hydroxylation sites is 1. The van der Waals surface area contributed by atoms with E-state index in [2.05, 4.69) is 30.9 Å². The van der Waals surface area contributed by atoms with Gasteiger partial charge in [0.2, 0.25) is 17.7 Å². The fourth-order valence-corrected chi connectivity index (χ4v) is 3.46. The van der Waals surface area contributed by atoms with E-state index in [1.54, 1.807) is 4.52 Å². The summed E-state index contributed by atoms with van der Waals surface area (Å²) in [5.41, 5.74) is 1.37. The van der Waals surface area contributed by atoms with Gasteiger partial charge in [0.25, 0.3) is 5.89 Å². The summed E-state index contributed by atoms with van der Waals surface area (Å²) in [7, 11) is 0. The maximum absolute atomic E-state index is 12.4. The number of nitrogens with one attached hydrogen (secondary N) is 2. The van der Waals surface area contributed by atoms with Crippen LogP contribution in [0.1, 0.15) is 32.0 Å². The largest absolute Gasteiger partial charge is 0.354 e. The van der Waals surface area contributed by atoms with Crippen LogP contribution in [0.2, 0.25) is 0 Å². The van der Waals surface area contributed by atoms with Crippen molar-refractivity contribution in [3.8, 4) is 11.7 Å². The summed E-state index contributed by atoms with van der Waals surface area (Å²) in [5, 5.41) is 15.5. The third kappa shape index (κ3) is 3.16. The fraction of sp³-hybridized carbons (Fsp3) is 0.368. The van der Waals surface area contributed by atoms with Crippen LogP contribution in [-0.4, -0.2) is 48.2 Å². The summed E-state index contributed by atoms with van der Waals surface area (Å²) in [6.07, 6.45) is 3.31. The van der Waals surface area contributed by atoms with Crippen LogP contribution in [0, 0.1) is 0 Å². The highest BCUT2D eigenvalue weighted by molar-refractivity contribution is 5.93. The Hall–Kier alpha value is -3.56. The summed E-state index contributed by atoms with van der Waals surface area (Å²) >= 11 is 0. The second-order valence-corrected chi connectivity index (χ2v) is 6.98. The highest BCUT2D eigenvalue weighted by Gasteiger charge is 2.24. The molecular weight excluding hydrogens is 372 g/mol. The van der Waals surface area contributed by atoms with Crippen molar-refractivity contribution in [3.63, 3.8) is 0 Å². The molecule has 10 heteroatoms. The first-order valence-corrected chi connectivity index (χ1v) is 9.75. The van der Waals surface area contributed by atoms with Gasteiger partial charge in [-0.3, -0.25) is 4.79 Å². The third-order valence-corrected chi connectivity index (χ3v) is 4.99. The minimum absolute atomic E-state index is 0.0320. The molecule has 1 saturated heterocycles. The summed E-state index contributed by atoms with van der Waals surface area (Å²) in [4.78, 5) is 26.0. The second kappa shape index (κ2) is 7.12. The van der Waals surface area contributed by atoms with Crippen molar-refractivity contribution in [2.45, 2.75) is 38.6 Å². The highest BCUT2D eigenvalue weighted by atomic mass is 16.5. The van der Waals surface area contributed by atoms with Crippen LogP contribution in [0.4, 0.5) is 5.95 Å². The van der Waals surface area contributed by atoms with Crippen LogP contribution >= 0.6 is 0 Å². The number of amides is 1. The number of benzene rings is 1. The third-order valence-electron chi connectivity index (χ3n) is 4.99. The summed E-state index contributed by atoms with van der Waals surface area (Å²) in [5.74, 6) is 1.59. The molecular formula is C19H20N8O2. The highest BCUT2D eigenvalue weighted by Crippen LogP contribution is 2.24. The molecule has 1 aliphatic rings. The lowest BCUT2D eigenvalue weighted by Gasteiger charge is -2.16. The Bertz CT molecular complexity index is 1200. The Morgan fingerprint density at radius 2 is 2.14 bits per heavy atom. The van der Waals surface area contributed by atoms with Crippen molar-refractivity contribution in [1.29, 1.82) is 0 Å². The fourth-order valence-electron chi connectivity index (χ4n) is 3.46. The van der Waals surface area contributed by atoms with Gasteiger partial charge in [0, 0.05) is 18.4 Å². The topological polar surface area (TPSA) is 123 Å². The Kier molecular flexibility index (Phi) is 4.30. The Morgan fingerprint density at radius 3 is 3.00 bits per heavy atom. The molecule has 1 aliphatic heterocycles. The number of aromatic nitrogens is 6. The van der Waals surface area contributed by atoms with E-state index >= 15 is 0 Å². The van der Waals surface area contributed by atoms with Crippen LogP contribution < -0.4 is 10.6 Å². The first kappa shape index (κ1) is 17.5. The maximum Gasteiger partial charge on any atom is 0.297 e. The maximum atomic E-state index is 12.4. The zero-order chi connectivity index (χ0) is 19.8. The molecule has 4 aromatic rings. The molecule has 0 spiro atoms. The SMILES string of the molecule is CCc1noc(-c2nc3c4ccccc4nc(N[C@@H]4CCCCNC4=O)n3n2)n1. The van der Waals surface area contributed by atoms with Crippen molar-refractivity contribution < 1.29 is 9.32 Å². The predicted molar refractivity (Wildman–Crippen MR) is 105 cm³/mol. The Labute approximate surface area is 165 Å². The number of nitrogens with zero attached hydrogens (tertiary/aromatic N) is 6. The minimum atomic E-state index is -0.378. The molecule has 3 aromatic heterocycles. The molecule has 1 fully saturated rings. The van der Waals surface area contributed by atoms with Crippen LogP contribution in [0.5, 0.6) is 0 Å². The van der Waals surface area contributed by atoms with Gasteiger partial charge in [-0.1, -0.05) is 24.2 Å². The normalized spacial score (nSPS) is 17.4. The van der Waals surface area contributed by atoms with Crippen LogP contribution in [0.25, 0.3) is 28.3 Å². The van der Waals surface area contributed by atoms with Gasteiger partial charge in [-0.15, -0.1) is 5.10 Å². The molecule has 2 N–H and O–H groups in total. The van der Waals surface area contributed by atoms with Crippen LogP contribution in [-0.2, 0) is 11.2 Å². The number of rotatable bonds is 4. The van der Waals surface area contributed by atoms with Gasteiger partial charge in [-0.2, -0.15) is 9.50 Å². The van der Waals surface area contributed by atoms with E-state index in [-0.39, 0.29) is 17.8 Å². The number of carbonyl (C=O) groups excluding carboxylic acids is 1. The summed E-state index contributed by atoms with van der Waals surface area (Å²) in [6, 6.07) is 7.30. The molecule has 0 bridgehead atoms. The van der Waals surface area contributed by atoms with Gasteiger partial charge in [0.15, 0.2) is 11.5 Å². The summed E-state index contributed by atoms with van der Waals surface area (Å²) < 4.78 is 6.91. The van der Waals surface area contributed by atoms with Gasteiger partial charge in [-0.05, 0) is 31.4 Å². The molecule has 0 unspecified atom stereocenters. The second-order valence-electron chi connectivity index (χ2n) is 6.98. The molecule has 0 saturated carbocycles. The van der Waals surface area contributed by atoms with Gasteiger partial charge in [0.05, 0.1) is 5.52 Å². The van der Waals surface area contributed by atoms with E-state index in [0.29, 0.717) is 36.2 Å². The van der Waals surface area contributed by atoms with Gasteiger partial charge >= 0.3 is 0 Å². The minimum Gasteiger partial charge on any atom is -0.354 e. The van der Waals surface area contributed by atoms with Gasteiger partial charge in [-0.25, -0.2) is 9.97 Å². The number of hydrogen-bond acceptors (Lipinski definition) is 8. The number of carbonyl (C=O) groups is 1. The van der Waals surface area contributed by atoms with Gasteiger partial charge < -0.3 is 15.2 Å². The van der Waals surface area contributed by atoms with Crippen molar-refractivity contribution >= 4 is 28.4 Å². The van der Waals surface area contributed by atoms with E-state index in [1.807, 2.05) is 31.2 Å². The average molecular weight is 392 g/mol. The molecule has 5 rings (SSSR count). The lowest BCUT2D eigenvalue weighted by molar-refractivity contribution is -0.121. The lowest BCUT2D eigenvalue weighted by Crippen LogP contribution is -2.38. The molecule has 1 amide bonds. The van der Waals surface area contributed by atoms with Crippen molar-refractivity contribution in [2.75, 3.05) is 11.9 Å². The first-order chi connectivity index (χ1) is 14.2. The first-order valence-electron chi connectivity index (χ1n) is 9.75. The predicted octanol–water partition coefficient (Wildman–Crippen LogP) is 1.97. The van der Waals surface area contributed by atoms with Crippen LogP contribution in [0.15, 0.2) is 28.8 Å². The molecule has 4 heterocycles. The monoisotopic (exact) mass is 392 g/mol. The molecule has 1 aromatic carbocycles. The molecule has 1 atom stereocenters. The van der Waals surface area contributed by atoms with E-state index in [4.69, 9.17) is 9.51 Å². The van der Waals surface area contributed by atoms with E-state index < -0.39 is 0 Å². The number of aryl methyl sites for hydroxylation is 1. The van der Waals surface area contributed by atoms with Crippen molar-refractivity contribution in [1.82, 2.24) is 35.0 Å². The van der Waals surface area contributed by atoms with E-state index in [1.165, 1.54) is 0 Å². The van der Waals surface area contributed by atoms with Crippen molar-refractivity contribution in [2.24, 2.45) is 0 Å². The lowest BCUT2D eigenvalue weighted by atomic mass is 10.1. The zero-order valence-electron chi connectivity index (χ0n) is 15.9. The Morgan fingerprint density at radius 1 is 1.24 bits per heavy atom. The number of hydrogen-bond donors (Lipinski definition) is 2. The summed E-state index contributed by atoms with van der Waals surface area (Å²) in [6.45, 7) is 2.64. The van der Waals surface area contributed by atoms with E-state index in [0.717, 1.165) is 30.2 Å². The molecule has 0 aliphatic carbocycles. The smallest absolute Gasteiger partial charge is 0.297 e. The van der Waals surface area contributed by atoms with Crippen molar-refractivity contribution in [3.05, 3.63) is 30.1 Å². The standard InChI is InChI=1S/C19H20N8O2/c1-2-14-23-18(29-26-14)15-24-16-11-7-3-4-8-12(11)21-19(27(16)25-15)22-13-9-5-6-10-20-17(13)28/h3-4,7-8,13H,2,5-6,9-10H2,1H3,(H,20,28)(H,21,22)/t13-/m1/s1. The Balaban J connectivity index is 1.64. The number of fused-ring (bicyclic) bond motifs is 3. The molecule has 29 heavy (non-hydrogen) atoms. The molecule has 0 radical (unpaired) electrons. The average Bonchev–Trinajstić information content (AvgIpc) is 3.35. The molecule has 10 nitrogen and oxygen atoms in total. The van der Waals surface area contributed by atoms with Crippen LogP contribution in [0.3, 0.4) is 0 Å². The van der Waals surface area contributed by atoms with Gasteiger partial charge in [0.1, 0.15) is 6.04 Å². The molecule has 148 valence electrons. The van der Waals surface area contributed by atoms with E-state index in [9.17, 15) is 4.79 Å². The zero-order valence-corrected chi connectivity index (χ0v) is 15.9. The number of anilines is 1.